The normalized spacial score (nSPS) is 11.5. The van der Waals surface area contributed by atoms with E-state index in [1.165, 1.54) is 0 Å². The number of benzene rings is 2. The fourth-order valence-corrected chi connectivity index (χ4v) is 2.51. The van der Waals surface area contributed by atoms with Gasteiger partial charge in [0.05, 0.1) is 25.1 Å². The van der Waals surface area contributed by atoms with Gasteiger partial charge in [-0.2, -0.15) is 0 Å². The second-order valence-electron chi connectivity index (χ2n) is 6.32. The van der Waals surface area contributed by atoms with Crippen LogP contribution in [0.5, 0.6) is 0 Å². The Kier molecular flexibility index (Phi) is 7.55. The van der Waals surface area contributed by atoms with Crippen molar-refractivity contribution in [3.05, 3.63) is 71.8 Å². The molecule has 2 aromatic carbocycles. The minimum atomic E-state index is -0.529. The van der Waals surface area contributed by atoms with Gasteiger partial charge in [0.25, 0.3) is 5.91 Å². The Bertz CT molecular complexity index is 760. The zero-order valence-corrected chi connectivity index (χ0v) is 15.5. The first-order chi connectivity index (χ1) is 13.0. The number of rotatable bonds is 8. The van der Waals surface area contributed by atoms with Crippen LogP contribution < -0.4 is 10.6 Å². The van der Waals surface area contributed by atoms with Crippen molar-refractivity contribution in [3.63, 3.8) is 0 Å². The molecule has 0 fully saturated rings. The first-order valence-electron chi connectivity index (χ1n) is 8.82. The molecule has 27 heavy (non-hydrogen) atoms. The van der Waals surface area contributed by atoms with Crippen molar-refractivity contribution in [1.82, 2.24) is 10.6 Å². The number of esters is 1. The summed E-state index contributed by atoms with van der Waals surface area (Å²) in [5.74, 6) is -1.11. The Morgan fingerprint density at radius 1 is 0.926 bits per heavy atom. The summed E-state index contributed by atoms with van der Waals surface area (Å²) in [6, 6.07) is 17.3. The van der Waals surface area contributed by atoms with Gasteiger partial charge in [-0.05, 0) is 31.5 Å². The Balaban J connectivity index is 1.96. The van der Waals surface area contributed by atoms with Gasteiger partial charge in [0.15, 0.2) is 0 Å². The van der Waals surface area contributed by atoms with Gasteiger partial charge in [-0.15, -0.1) is 0 Å². The van der Waals surface area contributed by atoms with Crippen LogP contribution in [0, 0.1) is 0 Å². The molecule has 2 amide bonds. The van der Waals surface area contributed by atoms with Crippen LogP contribution in [-0.4, -0.2) is 30.4 Å². The van der Waals surface area contributed by atoms with E-state index in [9.17, 15) is 14.4 Å². The zero-order chi connectivity index (χ0) is 19.6. The Morgan fingerprint density at radius 2 is 1.52 bits per heavy atom. The van der Waals surface area contributed by atoms with Crippen molar-refractivity contribution >= 4 is 17.8 Å². The molecular weight excluding hydrogens is 344 g/mol. The van der Waals surface area contributed by atoms with E-state index in [1.807, 2.05) is 36.4 Å². The largest absolute Gasteiger partial charge is 0.463 e. The average Bonchev–Trinajstić information content (AvgIpc) is 2.66. The Morgan fingerprint density at radius 3 is 2.11 bits per heavy atom. The molecule has 0 radical (unpaired) electrons. The second-order valence-corrected chi connectivity index (χ2v) is 6.32. The van der Waals surface area contributed by atoms with Gasteiger partial charge in [0.2, 0.25) is 5.91 Å². The summed E-state index contributed by atoms with van der Waals surface area (Å²) in [4.78, 5) is 36.4. The monoisotopic (exact) mass is 368 g/mol. The SMILES string of the molecule is CC(C)OC(=O)CC(NC(=O)CNC(=O)c1ccccc1)c1ccccc1. The van der Waals surface area contributed by atoms with Crippen molar-refractivity contribution in [3.8, 4) is 0 Å². The van der Waals surface area contributed by atoms with Gasteiger partial charge in [-0.3, -0.25) is 14.4 Å². The van der Waals surface area contributed by atoms with Gasteiger partial charge in [0.1, 0.15) is 0 Å². The molecule has 6 heteroatoms. The highest BCUT2D eigenvalue weighted by atomic mass is 16.5. The quantitative estimate of drug-likeness (QED) is 0.702. The highest BCUT2D eigenvalue weighted by molar-refractivity contribution is 5.96. The molecule has 0 heterocycles. The van der Waals surface area contributed by atoms with Crippen LogP contribution in [0.4, 0.5) is 0 Å². The third-order valence-electron chi connectivity index (χ3n) is 3.72. The maximum Gasteiger partial charge on any atom is 0.308 e. The summed E-state index contributed by atoms with van der Waals surface area (Å²) >= 11 is 0. The summed E-state index contributed by atoms with van der Waals surface area (Å²) < 4.78 is 5.18. The first kappa shape index (κ1) is 20.2. The highest BCUT2D eigenvalue weighted by Crippen LogP contribution is 2.17. The number of carbonyl (C=O) groups excluding carboxylic acids is 3. The van der Waals surface area contributed by atoms with Crippen LogP contribution in [-0.2, 0) is 14.3 Å². The number of nitrogens with one attached hydrogen (secondary N) is 2. The summed E-state index contributed by atoms with van der Waals surface area (Å²) in [5, 5.41) is 5.36. The molecule has 2 rings (SSSR count). The van der Waals surface area contributed by atoms with Gasteiger partial charge in [-0.1, -0.05) is 48.5 Å². The molecule has 0 spiro atoms. The van der Waals surface area contributed by atoms with Crippen LogP contribution in [0.15, 0.2) is 60.7 Å². The van der Waals surface area contributed by atoms with E-state index in [-0.39, 0.29) is 30.9 Å². The number of ether oxygens (including phenoxy) is 1. The summed E-state index contributed by atoms with van der Waals surface area (Å²) in [7, 11) is 0. The second kappa shape index (κ2) is 10.1. The summed E-state index contributed by atoms with van der Waals surface area (Å²) in [6.45, 7) is 3.36. The summed E-state index contributed by atoms with van der Waals surface area (Å²) in [6.07, 6.45) is -0.213. The molecule has 2 aromatic rings. The van der Waals surface area contributed by atoms with Crippen LogP contribution in [0.1, 0.15) is 42.2 Å². The predicted octanol–water partition coefficient (Wildman–Crippen LogP) is 2.62. The van der Waals surface area contributed by atoms with E-state index in [4.69, 9.17) is 4.74 Å². The molecule has 142 valence electrons. The molecular formula is C21H24N2O4. The van der Waals surface area contributed by atoms with Crippen LogP contribution in [0.2, 0.25) is 0 Å². The number of hydrogen-bond donors (Lipinski definition) is 2. The van der Waals surface area contributed by atoms with E-state index in [1.54, 1.807) is 38.1 Å². The lowest BCUT2D eigenvalue weighted by Crippen LogP contribution is -2.39. The van der Waals surface area contributed by atoms with Gasteiger partial charge < -0.3 is 15.4 Å². The van der Waals surface area contributed by atoms with Crippen molar-refractivity contribution < 1.29 is 19.1 Å². The maximum absolute atomic E-state index is 12.3. The van der Waals surface area contributed by atoms with Gasteiger partial charge >= 0.3 is 5.97 Å². The summed E-state index contributed by atoms with van der Waals surface area (Å²) in [5.41, 5.74) is 1.27. The molecule has 0 aliphatic rings. The van der Waals surface area contributed by atoms with Gasteiger partial charge in [0, 0.05) is 5.56 Å². The molecule has 1 atom stereocenters. The fourth-order valence-electron chi connectivity index (χ4n) is 2.51. The van der Waals surface area contributed by atoms with E-state index < -0.39 is 12.0 Å². The molecule has 0 saturated heterocycles. The molecule has 0 aromatic heterocycles. The average molecular weight is 368 g/mol. The number of hydrogen-bond acceptors (Lipinski definition) is 4. The molecule has 0 aliphatic heterocycles. The van der Waals surface area contributed by atoms with E-state index in [0.717, 1.165) is 5.56 Å². The fraction of sp³-hybridized carbons (Fsp3) is 0.286. The third-order valence-corrected chi connectivity index (χ3v) is 3.72. The zero-order valence-electron chi connectivity index (χ0n) is 15.5. The molecule has 0 bridgehead atoms. The maximum atomic E-state index is 12.3. The Labute approximate surface area is 158 Å². The van der Waals surface area contributed by atoms with E-state index in [0.29, 0.717) is 5.56 Å². The number of amides is 2. The van der Waals surface area contributed by atoms with Crippen molar-refractivity contribution in [1.29, 1.82) is 0 Å². The minimum Gasteiger partial charge on any atom is -0.463 e. The lowest BCUT2D eigenvalue weighted by molar-refractivity contribution is -0.148. The topological polar surface area (TPSA) is 84.5 Å². The lowest BCUT2D eigenvalue weighted by atomic mass is 10.0. The van der Waals surface area contributed by atoms with Crippen molar-refractivity contribution in [2.75, 3.05) is 6.54 Å². The lowest BCUT2D eigenvalue weighted by Gasteiger charge is -2.19. The smallest absolute Gasteiger partial charge is 0.308 e. The van der Waals surface area contributed by atoms with E-state index in [2.05, 4.69) is 10.6 Å². The molecule has 1 unspecified atom stereocenters. The number of carbonyl (C=O) groups is 3. The molecule has 0 saturated carbocycles. The van der Waals surface area contributed by atoms with Crippen LogP contribution in [0.25, 0.3) is 0 Å². The molecule has 0 aliphatic carbocycles. The van der Waals surface area contributed by atoms with Crippen molar-refractivity contribution in [2.45, 2.75) is 32.4 Å². The molecule has 2 N–H and O–H groups in total. The van der Waals surface area contributed by atoms with Crippen LogP contribution in [0.3, 0.4) is 0 Å². The van der Waals surface area contributed by atoms with Crippen molar-refractivity contribution in [2.24, 2.45) is 0 Å². The van der Waals surface area contributed by atoms with Crippen LogP contribution >= 0.6 is 0 Å². The standard InChI is InChI=1S/C21H24N2O4/c1-15(2)27-20(25)13-18(16-9-5-3-6-10-16)23-19(24)14-22-21(26)17-11-7-4-8-12-17/h3-12,15,18H,13-14H2,1-2H3,(H,22,26)(H,23,24). The van der Waals surface area contributed by atoms with E-state index >= 15 is 0 Å². The minimum absolute atomic E-state index is 0.0144. The molecule has 6 nitrogen and oxygen atoms in total. The Hall–Kier alpha value is -3.15. The third kappa shape index (κ3) is 6.93. The van der Waals surface area contributed by atoms with Gasteiger partial charge in [-0.25, -0.2) is 0 Å². The first-order valence-corrected chi connectivity index (χ1v) is 8.82. The highest BCUT2D eigenvalue weighted by Gasteiger charge is 2.20. The predicted molar refractivity (Wildman–Crippen MR) is 102 cm³/mol.